The smallest absolute Gasteiger partial charge is 0.222 e. The van der Waals surface area contributed by atoms with Crippen molar-refractivity contribution in [1.29, 1.82) is 0 Å². The molecule has 27 heavy (non-hydrogen) atoms. The molecule has 1 amide bonds. The number of rotatable bonds is 3. The molecule has 2 aliphatic rings. The van der Waals surface area contributed by atoms with Crippen molar-refractivity contribution in [2.24, 2.45) is 7.05 Å². The van der Waals surface area contributed by atoms with E-state index in [1.807, 2.05) is 31.8 Å². The number of nitrogens with zero attached hydrogens (tertiary/aromatic N) is 5. The highest BCUT2D eigenvalue weighted by Crippen LogP contribution is 2.43. The van der Waals surface area contributed by atoms with Crippen molar-refractivity contribution in [2.45, 2.75) is 64.7 Å². The maximum atomic E-state index is 13.0. The number of fused-ring (bicyclic) bond motifs is 2. The van der Waals surface area contributed by atoms with E-state index in [0.29, 0.717) is 6.42 Å². The number of aryl methyl sites for hydroxylation is 4. The predicted molar refractivity (Wildman–Crippen MR) is 104 cm³/mol. The zero-order chi connectivity index (χ0) is 19.2. The van der Waals surface area contributed by atoms with E-state index in [1.54, 1.807) is 0 Å². The summed E-state index contributed by atoms with van der Waals surface area (Å²) in [5.41, 5.74) is 5.93. The molecule has 1 fully saturated rings. The van der Waals surface area contributed by atoms with Gasteiger partial charge in [0.05, 0.1) is 11.4 Å². The van der Waals surface area contributed by atoms with Crippen LogP contribution in [0.3, 0.4) is 0 Å². The molecule has 0 aromatic carbocycles. The summed E-state index contributed by atoms with van der Waals surface area (Å²) in [6.07, 6.45) is 7.61. The largest absolute Gasteiger partial charge is 0.342 e. The van der Waals surface area contributed by atoms with E-state index in [2.05, 4.69) is 21.9 Å². The highest BCUT2D eigenvalue weighted by Gasteiger charge is 2.44. The second-order valence-corrected chi connectivity index (χ2v) is 8.26. The van der Waals surface area contributed by atoms with E-state index in [0.717, 1.165) is 62.4 Å². The third kappa shape index (κ3) is 3.15. The number of carbonyl (C=O) groups is 1. The summed E-state index contributed by atoms with van der Waals surface area (Å²) in [5.74, 6) is 1.09. The average molecular weight is 367 g/mol. The lowest BCUT2D eigenvalue weighted by Gasteiger charge is -2.40. The summed E-state index contributed by atoms with van der Waals surface area (Å²) >= 11 is 0. The lowest BCUT2D eigenvalue weighted by atomic mass is 9.77. The molecule has 1 saturated heterocycles. The van der Waals surface area contributed by atoms with Gasteiger partial charge >= 0.3 is 0 Å². The fourth-order valence-electron chi connectivity index (χ4n) is 4.94. The highest BCUT2D eigenvalue weighted by molar-refractivity contribution is 5.77. The Morgan fingerprint density at radius 3 is 2.81 bits per heavy atom. The number of piperidine rings is 1. The van der Waals surface area contributed by atoms with Crippen molar-refractivity contribution >= 4 is 5.91 Å². The molecule has 1 unspecified atom stereocenters. The van der Waals surface area contributed by atoms with Gasteiger partial charge in [-0.15, -0.1) is 0 Å². The lowest BCUT2D eigenvalue weighted by Crippen LogP contribution is -2.48. The first-order valence-electron chi connectivity index (χ1n) is 9.99. The van der Waals surface area contributed by atoms with Crippen LogP contribution < -0.4 is 0 Å². The van der Waals surface area contributed by atoms with Gasteiger partial charge in [-0.05, 0) is 64.0 Å². The molecule has 4 rings (SSSR count). The highest BCUT2D eigenvalue weighted by atomic mass is 16.2. The molecule has 0 saturated carbocycles. The van der Waals surface area contributed by atoms with Crippen LogP contribution in [0.25, 0.3) is 0 Å². The van der Waals surface area contributed by atoms with Gasteiger partial charge in [-0.1, -0.05) is 0 Å². The number of likely N-dealkylation sites (tertiary alicyclic amines) is 1. The maximum absolute atomic E-state index is 13.0. The topological polar surface area (TPSA) is 63.9 Å². The molecule has 0 bridgehead atoms. The fourth-order valence-corrected chi connectivity index (χ4v) is 4.94. The maximum Gasteiger partial charge on any atom is 0.222 e. The van der Waals surface area contributed by atoms with E-state index in [9.17, 15) is 4.79 Å². The summed E-state index contributed by atoms with van der Waals surface area (Å²) in [7, 11) is 1.96. The number of carbonyl (C=O) groups excluding carboxylic acids is 1. The van der Waals surface area contributed by atoms with Gasteiger partial charge in [0.1, 0.15) is 5.82 Å². The first-order chi connectivity index (χ1) is 12.9. The molecule has 1 aliphatic carbocycles. The minimum Gasteiger partial charge on any atom is -0.342 e. The van der Waals surface area contributed by atoms with E-state index in [-0.39, 0.29) is 11.3 Å². The van der Waals surface area contributed by atoms with E-state index in [4.69, 9.17) is 4.98 Å². The van der Waals surface area contributed by atoms with Crippen molar-refractivity contribution in [3.05, 3.63) is 40.2 Å². The molecule has 6 nitrogen and oxygen atoms in total. The molecule has 6 heteroatoms. The Morgan fingerprint density at radius 1 is 1.26 bits per heavy atom. The molecule has 2 aromatic rings. The van der Waals surface area contributed by atoms with Gasteiger partial charge in [-0.25, -0.2) is 9.97 Å². The lowest BCUT2D eigenvalue weighted by molar-refractivity contribution is -0.133. The van der Waals surface area contributed by atoms with E-state index >= 15 is 0 Å². The fraction of sp³-hybridized carbons (Fsp3) is 0.619. The Kier molecular flexibility index (Phi) is 4.52. The molecule has 0 N–H and O–H groups in total. The minimum absolute atomic E-state index is 0.0388. The van der Waals surface area contributed by atoms with Crippen LogP contribution in [0.15, 0.2) is 6.20 Å². The Hall–Kier alpha value is -2.24. The number of hydrogen-bond donors (Lipinski definition) is 0. The SMILES string of the molecule is Cc1ncc2c(n1)C1(CCCN(C(=O)CCc3c(C)nn(C)c3C)C1)CC2. The first kappa shape index (κ1) is 18.1. The van der Waals surface area contributed by atoms with Crippen LogP contribution in [-0.2, 0) is 30.1 Å². The van der Waals surface area contributed by atoms with E-state index < -0.39 is 0 Å². The standard InChI is InChI=1S/C21H29N5O/c1-14-18(15(2)25(4)24-14)6-7-19(27)26-11-5-9-21(13-26)10-8-17-12-22-16(3)23-20(17)21/h12H,5-11,13H2,1-4H3. The van der Waals surface area contributed by atoms with Crippen molar-refractivity contribution in [2.75, 3.05) is 13.1 Å². The molecule has 3 heterocycles. The molecule has 0 radical (unpaired) electrons. The zero-order valence-corrected chi connectivity index (χ0v) is 16.9. The third-order valence-corrected chi connectivity index (χ3v) is 6.54. The van der Waals surface area contributed by atoms with Crippen LogP contribution in [-0.4, -0.2) is 43.6 Å². The summed E-state index contributed by atoms with van der Waals surface area (Å²) < 4.78 is 1.91. The molecule has 2 aromatic heterocycles. The third-order valence-electron chi connectivity index (χ3n) is 6.54. The molecule has 1 atom stereocenters. The second kappa shape index (κ2) is 6.73. The first-order valence-corrected chi connectivity index (χ1v) is 9.99. The predicted octanol–water partition coefficient (Wildman–Crippen LogP) is 2.57. The van der Waals surface area contributed by atoms with Crippen molar-refractivity contribution in [1.82, 2.24) is 24.6 Å². The molecule has 144 valence electrons. The summed E-state index contributed by atoms with van der Waals surface area (Å²) in [4.78, 5) is 24.2. The minimum atomic E-state index is 0.0388. The van der Waals surface area contributed by atoms with Crippen LogP contribution >= 0.6 is 0 Å². The van der Waals surface area contributed by atoms with Gasteiger partial charge in [-0.3, -0.25) is 9.48 Å². The van der Waals surface area contributed by atoms with Gasteiger partial charge in [0.25, 0.3) is 0 Å². The molecule has 1 aliphatic heterocycles. The Labute approximate surface area is 161 Å². The normalized spacial score (nSPS) is 21.7. The van der Waals surface area contributed by atoms with Gasteiger partial charge in [0.2, 0.25) is 5.91 Å². The van der Waals surface area contributed by atoms with Crippen molar-refractivity contribution in [3.8, 4) is 0 Å². The monoisotopic (exact) mass is 367 g/mol. The van der Waals surface area contributed by atoms with Crippen LogP contribution in [0.2, 0.25) is 0 Å². The van der Waals surface area contributed by atoms with Gasteiger partial charge in [-0.2, -0.15) is 5.10 Å². The summed E-state index contributed by atoms with van der Waals surface area (Å²) in [5, 5.41) is 4.47. The number of aromatic nitrogens is 4. The van der Waals surface area contributed by atoms with Gasteiger partial charge < -0.3 is 4.90 Å². The van der Waals surface area contributed by atoms with Gasteiger partial charge in [0, 0.05) is 43.9 Å². The van der Waals surface area contributed by atoms with Crippen molar-refractivity contribution in [3.63, 3.8) is 0 Å². The molecular weight excluding hydrogens is 338 g/mol. The van der Waals surface area contributed by atoms with Crippen LogP contribution in [0, 0.1) is 20.8 Å². The Bertz CT molecular complexity index is 883. The average Bonchev–Trinajstić information content (AvgIpc) is 3.10. The molecular formula is C21H29N5O. The molecule has 1 spiro atoms. The number of amides is 1. The summed E-state index contributed by atoms with van der Waals surface area (Å²) in [6, 6.07) is 0. The Balaban J connectivity index is 1.48. The second-order valence-electron chi connectivity index (χ2n) is 8.26. The van der Waals surface area contributed by atoms with Gasteiger partial charge in [0.15, 0.2) is 0 Å². The van der Waals surface area contributed by atoms with Crippen LogP contribution in [0.1, 0.15) is 59.7 Å². The summed E-state index contributed by atoms with van der Waals surface area (Å²) in [6.45, 7) is 7.73. The van der Waals surface area contributed by atoms with Crippen LogP contribution in [0.5, 0.6) is 0 Å². The number of hydrogen-bond acceptors (Lipinski definition) is 4. The van der Waals surface area contributed by atoms with Crippen LogP contribution in [0.4, 0.5) is 0 Å². The van der Waals surface area contributed by atoms with Crippen molar-refractivity contribution < 1.29 is 4.79 Å². The zero-order valence-electron chi connectivity index (χ0n) is 16.9. The quantitative estimate of drug-likeness (QED) is 0.836. The van der Waals surface area contributed by atoms with E-state index in [1.165, 1.54) is 16.8 Å². The Morgan fingerprint density at radius 2 is 2.07 bits per heavy atom.